The number of hydrogen-bond donors (Lipinski definition) is 0. The molecule has 184 valence electrons. The maximum absolute atomic E-state index is 13.5. The van der Waals surface area contributed by atoms with Crippen molar-refractivity contribution in [2.75, 3.05) is 39.8 Å². The Hall–Kier alpha value is -3.29. The normalized spacial score (nSPS) is 15.1. The Morgan fingerprint density at radius 1 is 0.943 bits per heavy atom. The molecule has 3 aromatic carbocycles. The first-order valence-corrected chi connectivity index (χ1v) is 11.7. The van der Waals surface area contributed by atoms with Gasteiger partial charge in [0.1, 0.15) is 17.4 Å². The molecular weight excluding hydrogens is 450 g/mol. The molecular formula is C28H30F2N2O3. The van der Waals surface area contributed by atoms with Crippen molar-refractivity contribution in [3.8, 4) is 5.75 Å². The minimum atomic E-state index is -0.751. The number of hydrogen-bond acceptors (Lipinski definition) is 4. The van der Waals surface area contributed by atoms with Crippen molar-refractivity contribution in [1.29, 1.82) is 0 Å². The van der Waals surface area contributed by atoms with Gasteiger partial charge in [-0.1, -0.05) is 42.0 Å². The van der Waals surface area contributed by atoms with E-state index in [1.54, 1.807) is 12.0 Å². The Bertz CT molecular complexity index is 1120. The molecule has 7 heteroatoms. The highest BCUT2D eigenvalue weighted by Gasteiger charge is 2.25. The van der Waals surface area contributed by atoms with E-state index >= 15 is 0 Å². The zero-order valence-corrected chi connectivity index (χ0v) is 20.0. The number of nitrogens with zero attached hydrogens (tertiary/aromatic N) is 2. The molecule has 1 amide bonds. The molecule has 0 bridgehead atoms. The van der Waals surface area contributed by atoms with Gasteiger partial charge in [0.15, 0.2) is 0 Å². The Balaban J connectivity index is 1.41. The third-order valence-corrected chi connectivity index (χ3v) is 6.23. The number of amides is 1. The van der Waals surface area contributed by atoms with Crippen LogP contribution in [0.5, 0.6) is 5.75 Å². The van der Waals surface area contributed by atoms with Crippen LogP contribution in [0.15, 0.2) is 66.7 Å². The predicted octanol–water partition coefficient (Wildman–Crippen LogP) is 5.00. The van der Waals surface area contributed by atoms with Crippen molar-refractivity contribution in [3.63, 3.8) is 0 Å². The molecule has 35 heavy (non-hydrogen) atoms. The van der Waals surface area contributed by atoms with Gasteiger partial charge in [-0.3, -0.25) is 9.69 Å². The van der Waals surface area contributed by atoms with E-state index in [1.807, 2.05) is 24.3 Å². The van der Waals surface area contributed by atoms with Crippen LogP contribution in [-0.4, -0.2) is 55.5 Å². The van der Waals surface area contributed by atoms with Crippen LogP contribution in [0.2, 0.25) is 0 Å². The zero-order chi connectivity index (χ0) is 24.8. The summed E-state index contributed by atoms with van der Waals surface area (Å²) in [5.74, 6) is -1.09. The smallest absolute Gasteiger partial charge is 0.254 e. The SMILES string of the molecule is COc1cccc([C@H](CN2CCN(C(=O)c3cc(F)cc(F)c3)CC2)OCc2ccc(C)cc2)c1. The summed E-state index contributed by atoms with van der Waals surface area (Å²) in [4.78, 5) is 16.6. The Kier molecular flexibility index (Phi) is 8.10. The van der Waals surface area contributed by atoms with E-state index in [2.05, 4.69) is 36.1 Å². The van der Waals surface area contributed by atoms with E-state index in [9.17, 15) is 13.6 Å². The maximum Gasteiger partial charge on any atom is 0.254 e. The molecule has 3 aromatic rings. The second-order valence-electron chi connectivity index (χ2n) is 8.81. The van der Waals surface area contributed by atoms with Crippen LogP contribution in [0.1, 0.15) is 33.2 Å². The van der Waals surface area contributed by atoms with Crippen molar-refractivity contribution in [1.82, 2.24) is 9.80 Å². The van der Waals surface area contributed by atoms with Crippen LogP contribution in [0, 0.1) is 18.6 Å². The fourth-order valence-corrected chi connectivity index (χ4v) is 4.21. The van der Waals surface area contributed by atoms with Crippen LogP contribution in [0.25, 0.3) is 0 Å². The van der Waals surface area contributed by atoms with Gasteiger partial charge < -0.3 is 14.4 Å². The second-order valence-corrected chi connectivity index (χ2v) is 8.81. The molecule has 1 saturated heterocycles. The fourth-order valence-electron chi connectivity index (χ4n) is 4.21. The van der Waals surface area contributed by atoms with Crippen molar-refractivity contribution < 1.29 is 23.0 Å². The lowest BCUT2D eigenvalue weighted by molar-refractivity contribution is 0.00332. The van der Waals surface area contributed by atoms with Crippen LogP contribution in [0.3, 0.4) is 0 Å². The van der Waals surface area contributed by atoms with E-state index in [1.165, 1.54) is 5.56 Å². The number of aryl methyl sites for hydroxylation is 1. The lowest BCUT2D eigenvalue weighted by Crippen LogP contribution is -2.49. The minimum Gasteiger partial charge on any atom is -0.497 e. The molecule has 1 fully saturated rings. The van der Waals surface area contributed by atoms with Gasteiger partial charge in [0, 0.05) is 44.4 Å². The summed E-state index contributed by atoms with van der Waals surface area (Å²) >= 11 is 0. The Morgan fingerprint density at radius 2 is 1.63 bits per heavy atom. The van der Waals surface area contributed by atoms with Crippen molar-refractivity contribution in [3.05, 3.63) is 101 Å². The molecule has 0 radical (unpaired) electrons. The van der Waals surface area contributed by atoms with Crippen LogP contribution >= 0.6 is 0 Å². The number of carbonyl (C=O) groups excluding carboxylic acids is 1. The molecule has 0 N–H and O–H groups in total. The second kappa shape index (κ2) is 11.4. The van der Waals surface area contributed by atoms with E-state index in [0.29, 0.717) is 39.3 Å². The largest absolute Gasteiger partial charge is 0.497 e. The number of benzene rings is 3. The van der Waals surface area contributed by atoms with E-state index in [0.717, 1.165) is 35.1 Å². The molecule has 0 spiro atoms. The highest BCUT2D eigenvalue weighted by Crippen LogP contribution is 2.25. The molecule has 1 heterocycles. The number of methoxy groups -OCH3 is 1. The van der Waals surface area contributed by atoms with Gasteiger partial charge in [0.25, 0.3) is 5.91 Å². The van der Waals surface area contributed by atoms with Crippen LogP contribution in [-0.2, 0) is 11.3 Å². The summed E-state index contributed by atoms with van der Waals surface area (Å²) in [7, 11) is 1.64. The monoisotopic (exact) mass is 480 g/mol. The summed E-state index contributed by atoms with van der Waals surface area (Å²) in [6.07, 6.45) is -0.189. The Morgan fingerprint density at radius 3 is 2.29 bits per heavy atom. The lowest BCUT2D eigenvalue weighted by Gasteiger charge is -2.36. The first-order chi connectivity index (χ1) is 16.9. The molecule has 1 aliphatic rings. The van der Waals surface area contributed by atoms with Gasteiger partial charge in [-0.15, -0.1) is 0 Å². The molecule has 0 aliphatic carbocycles. The number of halogens is 2. The van der Waals surface area contributed by atoms with Crippen LogP contribution < -0.4 is 4.74 Å². The average Bonchev–Trinajstić information content (AvgIpc) is 2.87. The average molecular weight is 481 g/mol. The third kappa shape index (κ3) is 6.65. The fraction of sp³-hybridized carbons (Fsp3) is 0.321. The first kappa shape index (κ1) is 24.8. The highest BCUT2D eigenvalue weighted by molar-refractivity contribution is 5.94. The van der Waals surface area contributed by atoms with Crippen molar-refractivity contribution >= 4 is 5.91 Å². The Labute approximate surface area is 204 Å². The summed E-state index contributed by atoms with van der Waals surface area (Å²) in [6, 6.07) is 19.1. The van der Waals surface area contributed by atoms with E-state index in [4.69, 9.17) is 9.47 Å². The minimum absolute atomic E-state index is 0.0339. The molecule has 0 unspecified atom stereocenters. The first-order valence-electron chi connectivity index (χ1n) is 11.7. The molecule has 0 aromatic heterocycles. The van der Waals surface area contributed by atoms with Gasteiger partial charge in [-0.25, -0.2) is 8.78 Å². The van der Waals surface area contributed by atoms with E-state index in [-0.39, 0.29) is 17.6 Å². The van der Waals surface area contributed by atoms with Gasteiger partial charge in [-0.2, -0.15) is 0 Å². The van der Waals surface area contributed by atoms with Crippen molar-refractivity contribution in [2.24, 2.45) is 0 Å². The lowest BCUT2D eigenvalue weighted by atomic mass is 10.1. The third-order valence-electron chi connectivity index (χ3n) is 6.23. The van der Waals surface area contributed by atoms with Gasteiger partial charge in [-0.05, 0) is 42.3 Å². The standard InChI is InChI=1S/C28H30F2N2O3/c1-20-6-8-21(9-7-20)19-35-27(22-4-3-5-26(16-22)34-2)18-31-10-12-32(13-11-31)28(33)23-14-24(29)17-25(30)15-23/h3-9,14-17,27H,10-13,18-19H2,1-2H3/t27-/m0/s1. The molecule has 4 rings (SSSR count). The van der Waals surface area contributed by atoms with Gasteiger partial charge in [0.2, 0.25) is 0 Å². The highest BCUT2D eigenvalue weighted by atomic mass is 19.1. The summed E-state index contributed by atoms with van der Waals surface area (Å²) in [6.45, 7) is 5.40. The summed E-state index contributed by atoms with van der Waals surface area (Å²) in [5, 5.41) is 0. The zero-order valence-electron chi connectivity index (χ0n) is 20.0. The number of ether oxygens (including phenoxy) is 2. The molecule has 5 nitrogen and oxygen atoms in total. The maximum atomic E-state index is 13.5. The number of piperazine rings is 1. The quantitative estimate of drug-likeness (QED) is 0.455. The molecule has 1 atom stereocenters. The van der Waals surface area contributed by atoms with Gasteiger partial charge in [0.05, 0.1) is 19.8 Å². The topological polar surface area (TPSA) is 42.0 Å². The molecule has 0 saturated carbocycles. The molecule has 1 aliphatic heterocycles. The van der Waals surface area contributed by atoms with E-state index < -0.39 is 11.6 Å². The number of carbonyl (C=O) groups is 1. The number of rotatable bonds is 8. The van der Waals surface area contributed by atoms with Gasteiger partial charge >= 0.3 is 0 Å². The summed E-state index contributed by atoms with van der Waals surface area (Å²) < 4.78 is 38.9. The summed E-state index contributed by atoms with van der Waals surface area (Å²) in [5.41, 5.74) is 3.35. The van der Waals surface area contributed by atoms with Crippen molar-refractivity contribution in [2.45, 2.75) is 19.6 Å². The predicted molar refractivity (Wildman–Crippen MR) is 130 cm³/mol. The van der Waals surface area contributed by atoms with Crippen LogP contribution in [0.4, 0.5) is 8.78 Å².